The van der Waals surface area contributed by atoms with Crippen molar-refractivity contribution in [2.24, 2.45) is 0 Å². The van der Waals surface area contributed by atoms with E-state index in [9.17, 15) is 9.65 Å². The van der Waals surface area contributed by atoms with Gasteiger partial charge in [0, 0.05) is 54.5 Å². The number of nitrogens with one attached hydrogen (secondary N) is 1. The second-order valence-corrected chi connectivity index (χ2v) is 14.9. The first-order valence-electron chi connectivity index (χ1n) is 16.3. The topological polar surface area (TPSA) is 103 Å². The zero-order valence-corrected chi connectivity index (χ0v) is 26.1. The molecule has 238 valence electrons. The fourth-order valence-electron chi connectivity index (χ4n) is 8.63. The van der Waals surface area contributed by atoms with Crippen LogP contribution in [0, 0.1) is 23.0 Å². The third kappa shape index (κ3) is 4.38. The molecule has 4 aliphatic heterocycles. The van der Waals surface area contributed by atoms with E-state index in [4.69, 9.17) is 20.4 Å². The van der Waals surface area contributed by atoms with Crippen LogP contribution in [0.2, 0.25) is 0 Å². The largest absolute Gasteiger partial charge is 0.461 e. The monoisotopic (exact) mass is 645 g/mol. The van der Waals surface area contributed by atoms with Crippen molar-refractivity contribution < 1.29 is 17.9 Å². The summed E-state index contributed by atoms with van der Waals surface area (Å²) in [5.41, 5.74) is 7.60. The van der Waals surface area contributed by atoms with Gasteiger partial charge in [0.15, 0.2) is 5.82 Å². The fourth-order valence-corrected chi connectivity index (χ4v) is 9.58. The number of nitrogens with two attached hydrogens (primary N) is 1. The van der Waals surface area contributed by atoms with Crippen LogP contribution in [0.3, 0.4) is 0 Å². The van der Waals surface area contributed by atoms with Gasteiger partial charge in [-0.1, -0.05) is 6.07 Å². The third-order valence-corrected chi connectivity index (χ3v) is 11.9. The lowest BCUT2D eigenvalue weighted by Gasteiger charge is -2.35. The number of nitrogens with zero attached hydrogens (tertiary/aromatic N) is 5. The van der Waals surface area contributed by atoms with E-state index in [2.05, 4.69) is 21.2 Å². The molecule has 2 aromatic carbocycles. The summed E-state index contributed by atoms with van der Waals surface area (Å²) in [6, 6.07) is 7.72. The van der Waals surface area contributed by atoms with Crippen molar-refractivity contribution in [2.75, 3.05) is 43.4 Å². The lowest BCUT2D eigenvalue weighted by atomic mass is 9.91. The molecule has 0 spiro atoms. The third-order valence-electron chi connectivity index (χ3n) is 10.9. The van der Waals surface area contributed by atoms with Gasteiger partial charge in [0.05, 0.1) is 15.8 Å². The van der Waals surface area contributed by atoms with Crippen LogP contribution in [-0.4, -0.2) is 71.4 Å². The highest BCUT2D eigenvalue weighted by Crippen LogP contribution is 2.51. The number of nitrogen functional groups attached to an aromatic ring is 1. The number of hydrogen-bond acceptors (Lipinski definition) is 9. The van der Waals surface area contributed by atoms with Crippen molar-refractivity contribution >= 4 is 43.1 Å². The van der Waals surface area contributed by atoms with Crippen molar-refractivity contribution in [3.63, 3.8) is 0 Å². The molecule has 46 heavy (non-hydrogen) atoms. The van der Waals surface area contributed by atoms with Crippen molar-refractivity contribution in [2.45, 2.75) is 74.7 Å². The molecule has 3 N–H and O–H groups in total. The number of benzene rings is 2. The van der Waals surface area contributed by atoms with Gasteiger partial charge in [0.1, 0.15) is 41.0 Å². The van der Waals surface area contributed by atoms with Gasteiger partial charge in [0.25, 0.3) is 0 Å². The van der Waals surface area contributed by atoms with Crippen molar-refractivity contribution in [1.29, 1.82) is 5.26 Å². The Bertz CT molecular complexity index is 1950. The minimum absolute atomic E-state index is 0.0719. The normalized spacial score (nSPS) is 27.5. The predicted octanol–water partition coefficient (Wildman–Crippen LogP) is 6.02. The summed E-state index contributed by atoms with van der Waals surface area (Å²) in [5.74, 6) is -0.273. The average Bonchev–Trinajstić information content (AvgIpc) is 3.47. The van der Waals surface area contributed by atoms with E-state index in [0.717, 1.165) is 75.1 Å². The van der Waals surface area contributed by atoms with E-state index in [0.29, 0.717) is 52.8 Å². The van der Waals surface area contributed by atoms with Crippen LogP contribution >= 0.6 is 11.3 Å². The summed E-state index contributed by atoms with van der Waals surface area (Å²) in [5, 5.41) is 14.8. The molecule has 9 rings (SSSR count). The van der Waals surface area contributed by atoms with E-state index < -0.39 is 23.3 Å². The van der Waals surface area contributed by atoms with Crippen molar-refractivity contribution in [1.82, 2.24) is 20.2 Å². The first kappa shape index (κ1) is 28.6. The first-order valence-corrected chi connectivity index (χ1v) is 17.1. The highest BCUT2D eigenvalue weighted by atomic mass is 32.1. The standard InChI is InChI=1S/C34H34F3N7OS/c35-18-11-34(8-1-9-44(34)13-18)16-45-33-41-29-23(32(42-33)43-14-19-4-5-20(15-43)40-19)10-22(17-2-3-17)26(28(29)37)21-6-7-25(36)30-27(21)24(12-38)31(39)46-30/h6-7,10,17-20,40H,1-5,8-9,11,13-16,39H2/t18-,19?,20?,34+/m1/s1. The van der Waals surface area contributed by atoms with Gasteiger partial charge in [-0.3, -0.25) is 4.90 Å². The Labute approximate surface area is 268 Å². The molecule has 6 heterocycles. The van der Waals surface area contributed by atoms with Crippen LogP contribution in [0.1, 0.15) is 62.0 Å². The average molecular weight is 646 g/mol. The molecule has 2 bridgehead atoms. The number of piperazine rings is 1. The molecule has 2 unspecified atom stereocenters. The van der Waals surface area contributed by atoms with Gasteiger partial charge >= 0.3 is 6.01 Å². The molecule has 1 aliphatic carbocycles. The van der Waals surface area contributed by atoms with Crippen LogP contribution in [0.25, 0.3) is 32.1 Å². The van der Waals surface area contributed by atoms with E-state index in [-0.39, 0.29) is 39.3 Å². The smallest absolute Gasteiger partial charge is 0.319 e. The first-order chi connectivity index (χ1) is 22.3. The van der Waals surface area contributed by atoms with Gasteiger partial charge in [-0.05, 0) is 74.2 Å². The molecular weight excluding hydrogens is 611 g/mol. The summed E-state index contributed by atoms with van der Waals surface area (Å²) in [4.78, 5) is 14.0. The Morgan fingerprint density at radius 1 is 1.13 bits per heavy atom. The Kier molecular flexibility index (Phi) is 6.47. The molecule has 0 radical (unpaired) electrons. The fraction of sp³-hybridized carbons (Fsp3) is 0.500. The number of alkyl halides is 1. The summed E-state index contributed by atoms with van der Waals surface area (Å²) in [6.45, 7) is 2.96. The van der Waals surface area contributed by atoms with Crippen molar-refractivity contribution in [3.8, 4) is 23.2 Å². The quantitative estimate of drug-likeness (QED) is 0.263. The van der Waals surface area contributed by atoms with E-state index in [1.807, 2.05) is 6.07 Å². The number of aromatic nitrogens is 2. The van der Waals surface area contributed by atoms with E-state index >= 15 is 8.78 Å². The minimum Gasteiger partial charge on any atom is -0.461 e. The summed E-state index contributed by atoms with van der Waals surface area (Å²) >= 11 is 1.00. The van der Waals surface area contributed by atoms with Crippen LogP contribution in [0.5, 0.6) is 6.01 Å². The second kappa shape index (κ2) is 10.4. The molecule has 4 atom stereocenters. The van der Waals surface area contributed by atoms with E-state index in [1.165, 1.54) is 6.07 Å². The van der Waals surface area contributed by atoms with Gasteiger partial charge < -0.3 is 20.7 Å². The van der Waals surface area contributed by atoms with E-state index in [1.54, 1.807) is 6.07 Å². The Morgan fingerprint density at radius 3 is 2.70 bits per heavy atom. The molecule has 0 amide bonds. The molecule has 5 fully saturated rings. The number of fused-ring (bicyclic) bond motifs is 5. The van der Waals surface area contributed by atoms with Gasteiger partial charge in [0.2, 0.25) is 0 Å². The number of anilines is 2. The molecule has 2 aromatic heterocycles. The van der Waals surface area contributed by atoms with Crippen molar-refractivity contribution in [3.05, 3.63) is 41.0 Å². The van der Waals surface area contributed by atoms with Crippen LogP contribution < -0.4 is 20.7 Å². The Balaban J connectivity index is 1.23. The molecule has 4 saturated heterocycles. The summed E-state index contributed by atoms with van der Waals surface area (Å²) in [7, 11) is 0. The Morgan fingerprint density at radius 2 is 1.93 bits per heavy atom. The summed E-state index contributed by atoms with van der Waals surface area (Å²) in [6.07, 6.45) is 5.29. The predicted molar refractivity (Wildman–Crippen MR) is 172 cm³/mol. The maximum atomic E-state index is 17.3. The van der Waals surface area contributed by atoms with Gasteiger partial charge in [-0.25, -0.2) is 13.2 Å². The number of hydrogen-bond donors (Lipinski definition) is 2. The molecule has 12 heteroatoms. The number of ether oxygens (including phenoxy) is 1. The second-order valence-electron chi connectivity index (χ2n) is 13.8. The minimum atomic E-state index is -0.897. The molecule has 5 aliphatic rings. The summed E-state index contributed by atoms with van der Waals surface area (Å²) < 4.78 is 53.4. The zero-order chi connectivity index (χ0) is 31.3. The number of halogens is 3. The lowest BCUT2D eigenvalue weighted by molar-refractivity contribution is 0.107. The SMILES string of the molecule is N#Cc1c(N)sc2c(F)ccc(-c3c(C4CC4)cc4c(N5CC6CCC(C5)N6)nc(OC[C@@]56CCCN5C[C@H](F)C6)nc4c3F)c12. The van der Waals surface area contributed by atoms with Crippen LogP contribution in [0.15, 0.2) is 18.2 Å². The lowest BCUT2D eigenvalue weighted by Crippen LogP contribution is -2.51. The number of nitriles is 1. The van der Waals surface area contributed by atoms with Gasteiger partial charge in [-0.15, -0.1) is 11.3 Å². The van der Waals surface area contributed by atoms with Gasteiger partial charge in [-0.2, -0.15) is 15.2 Å². The molecule has 4 aromatic rings. The number of rotatable bonds is 6. The molecule has 8 nitrogen and oxygen atoms in total. The molecule has 1 saturated carbocycles. The van der Waals surface area contributed by atoms with Crippen LogP contribution in [0.4, 0.5) is 24.0 Å². The maximum absolute atomic E-state index is 17.3. The van der Waals surface area contributed by atoms with Crippen LogP contribution in [-0.2, 0) is 0 Å². The molecular formula is C34H34F3N7OS. The number of thiophene rings is 1. The maximum Gasteiger partial charge on any atom is 0.319 e. The zero-order valence-electron chi connectivity index (χ0n) is 25.3. The Hall–Kier alpha value is -3.66. The highest BCUT2D eigenvalue weighted by molar-refractivity contribution is 7.23. The highest BCUT2D eigenvalue weighted by Gasteiger charge is 2.49.